The molecule has 4 rings (SSSR count). The van der Waals surface area contributed by atoms with Crippen LogP contribution in [0.2, 0.25) is 0 Å². The molecular formula is C27H27N3O2. The summed E-state index contributed by atoms with van der Waals surface area (Å²) >= 11 is 0. The van der Waals surface area contributed by atoms with Gasteiger partial charge in [0, 0.05) is 12.1 Å². The van der Waals surface area contributed by atoms with Crippen molar-refractivity contribution in [1.29, 1.82) is 0 Å². The molecule has 0 aliphatic carbocycles. The largest absolute Gasteiger partial charge is 0.497 e. The lowest BCUT2D eigenvalue weighted by atomic mass is 10.1. The summed E-state index contributed by atoms with van der Waals surface area (Å²) in [6.45, 7) is 4.62. The third-order valence-corrected chi connectivity index (χ3v) is 5.46. The molecule has 32 heavy (non-hydrogen) atoms. The molecule has 0 atom stereocenters. The van der Waals surface area contributed by atoms with Crippen LogP contribution in [0.1, 0.15) is 27.2 Å². The maximum absolute atomic E-state index is 13.2. The smallest absolute Gasteiger partial charge is 0.270 e. The van der Waals surface area contributed by atoms with E-state index in [9.17, 15) is 4.79 Å². The molecule has 1 aromatic heterocycles. The first-order valence-electron chi connectivity index (χ1n) is 10.7. The normalized spacial score (nSPS) is 10.7. The lowest BCUT2D eigenvalue weighted by molar-refractivity contribution is 0.0946. The second-order valence-electron chi connectivity index (χ2n) is 7.84. The van der Waals surface area contributed by atoms with Gasteiger partial charge in [-0.05, 0) is 73.4 Å². The number of carbonyl (C=O) groups is 1. The Labute approximate surface area is 188 Å². The number of amides is 1. The highest BCUT2D eigenvalue weighted by atomic mass is 16.5. The van der Waals surface area contributed by atoms with Crippen LogP contribution in [-0.2, 0) is 6.42 Å². The van der Waals surface area contributed by atoms with Gasteiger partial charge in [0.2, 0.25) is 0 Å². The molecule has 4 aromatic rings. The molecule has 5 nitrogen and oxygen atoms in total. The van der Waals surface area contributed by atoms with Gasteiger partial charge in [-0.25, -0.2) is 4.68 Å². The van der Waals surface area contributed by atoms with Crippen molar-refractivity contribution in [3.63, 3.8) is 0 Å². The Hall–Kier alpha value is -3.86. The fourth-order valence-corrected chi connectivity index (χ4v) is 3.63. The summed E-state index contributed by atoms with van der Waals surface area (Å²) in [4.78, 5) is 13.2. The van der Waals surface area contributed by atoms with Gasteiger partial charge in [0.25, 0.3) is 5.91 Å². The number of nitrogens with zero attached hydrogens (tertiary/aromatic N) is 2. The van der Waals surface area contributed by atoms with E-state index < -0.39 is 0 Å². The Morgan fingerprint density at radius 1 is 0.969 bits per heavy atom. The summed E-state index contributed by atoms with van der Waals surface area (Å²) in [5.74, 6) is 0.635. The van der Waals surface area contributed by atoms with E-state index in [1.807, 2.05) is 62.4 Å². The number of carbonyl (C=O) groups excluding carboxylic acids is 1. The third kappa shape index (κ3) is 4.72. The summed E-state index contributed by atoms with van der Waals surface area (Å²) in [6.07, 6.45) is 0.773. The molecule has 0 aliphatic rings. The van der Waals surface area contributed by atoms with Gasteiger partial charge in [0.05, 0.1) is 18.5 Å². The van der Waals surface area contributed by atoms with Gasteiger partial charge in [-0.3, -0.25) is 4.79 Å². The van der Waals surface area contributed by atoms with Crippen LogP contribution in [0.5, 0.6) is 5.75 Å². The minimum atomic E-state index is -0.144. The summed E-state index contributed by atoms with van der Waals surface area (Å²) in [5.41, 5.74) is 6.43. The van der Waals surface area contributed by atoms with Crippen LogP contribution in [0.4, 0.5) is 0 Å². The molecule has 3 aromatic carbocycles. The van der Waals surface area contributed by atoms with Gasteiger partial charge < -0.3 is 10.1 Å². The minimum absolute atomic E-state index is 0.144. The van der Waals surface area contributed by atoms with Gasteiger partial charge in [-0.1, -0.05) is 42.5 Å². The van der Waals surface area contributed by atoms with Gasteiger partial charge >= 0.3 is 0 Å². The van der Waals surface area contributed by atoms with E-state index in [2.05, 4.69) is 35.6 Å². The number of rotatable bonds is 7. The first-order chi connectivity index (χ1) is 15.5. The van der Waals surface area contributed by atoms with Crippen LogP contribution in [-0.4, -0.2) is 29.3 Å². The van der Waals surface area contributed by atoms with Gasteiger partial charge in [-0.15, -0.1) is 0 Å². The highest BCUT2D eigenvalue weighted by Crippen LogP contribution is 2.25. The molecule has 5 heteroatoms. The number of aryl methyl sites for hydroxylation is 2. The number of nitrogens with one attached hydrogen (secondary N) is 1. The lowest BCUT2D eigenvalue weighted by Gasteiger charge is -2.11. The number of hydrogen-bond donors (Lipinski definition) is 1. The Morgan fingerprint density at radius 2 is 1.72 bits per heavy atom. The molecule has 0 fully saturated rings. The molecule has 0 aliphatic heterocycles. The number of methoxy groups -OCH3 is 1. The molecule has 0 saturated heterocycles. The molecular weight excluding hydrogens is 398 g/mol. The van der Waals surface area contributed by atoms with Crippen molar-refractivity contribution in [2.24, 2.45) is 0 Å². The SMILES string of the molecule is COc1ccc(-c2cc(C(=O)NCCc3ccccc3)n(-c3cc(C)ccc3C)n2)cc1. The molecule has 0 spiro atoms. The van der Waals surface area contributed by atoms with E-state index in [1.165, 1.54) is 5.56 Å². The van der Waals surface area contributed by atoms with E-state index >= 15 is 0 Å². The number of ether oxygens (including phenoxy) is 1. The van der Waals surface area contributed by atoms with Crippen LogP contribution in [0.15, 0.2) is 78.9 Å². The first-order valence-corrected chi connectivity index (χ1v) is 10.7. The van der Waals surface area contributed by atoms with Crippen molar-refractivity contribution < 1.29 is 9.53 Å². The summed E-state index contributed by atoms with van der Waals surface area (Å²) < 4.78 is 7.01. The predicted octanol–water partition coefficient (Wildman–Crippen LogP) is 5.14. The van der Waals surface area contributed by atoms with Crippen molar-refractivity contribution in [1.82, 2.24) is 15.1 Å². The zero-order chi connectivity index (χ0) is 22.5. The highest BCUT2D eigenvalue weighted by Gasteiger charge is 2.19. The van der Waals surface area contributed by atoms with E-state index in [0.29, 0.717) is 12.2 Å². The van der Waals surface area contributed by atoms with Crippen LogP contribution in [0, 0.1) is 13.8 Å². The zero-order valence-corrected chi connectivity index (χ0v) is 18.6. The Balaban J connectivity index is 1.66. The van der Waals surface area contributed by atoms with Crippen molar-refractivity contribution in [2.45, 2.75) is 20.3 Å². The fourth-order valence-electron chi connectivity index (χ4n) is 3.63. The second-order valence-corrected chi connectivity index (χ2v) is 7.84. The zero-order valence-electron chi connectivity index (χ0n) is 18.6. The minimum Gasteiger partial charge on any atom is -0.497 e. The number of hydrogen-bond acceptors (Lipinski definition) is 3. The van der Waals surface area contributed by atoms with E-state index in [1.54, 1.807) is 11.8 Å². The van der Waals surface area contributed by atoms with Crippen LogP contribution < -0.4 is 10.1 Å². The standard InChI is InChI=1S/C27H27N3O2/c1-19-9-10-20(2)25(17-19)30-26(27(31)28-16-15-21-7-5-4-6-8-21)18-24(29-30)22-11-13-23(32-3)14-12-22/h4-14,17-18H,15-16H2,1-3H3,(H,28,31). The topological polar surface area (TPSA) is 56.1 Å². The molecule has 162 valence electrons. The fraction of sp³-hybridized carbons (Fsp3) is 0.185. The average Bonchev–Trinajstić information content (AvgIpc) is 3.27. The molecule has 0 unspecified atom stereocenters. The number of aromatic nitrogens is 2. The monoisotopic (exact) mass is 425 g/mol. The van der Waals surface area contributed by atoms with Gasteiger partial charge in [0.1, 0.15) is 11.4 Å². The lowest BCUT2D eigenvalue weighted by Crippen LogP contribution is -2.28. The second kappa shape index (κ2) is 9.52. The van der Waals surface area contributed by atoms with Gasteiger partial charge in [-0.2, -0.15) is 5.10 Å². The van der Waals surface area contributed by atoms with E-state index in [4.69, 9.17) is 9.84 Å². The Morgan fingerprint density at radius 3 is 2.44 bits per heavy atom. The maximum atomic E-state index is 13.2. The molecule has 1 N–H and O–H groups in total. The third-order valence-electron chi connectivity index (χ3n) is 5.46. The molecule has 0 bridgehead atoms. The van der Waals surface area contributed by atoms with E-state index in [-0.39, 0.29) is 5.91 Å². The molecule has 0 radical (unpaired) electrons. The molecule has 1 amide bonds. The Kier molecular flexibility index (Phi) is 6.36. The van der Waals surface area contributed by atoms with E-state index in [0.717, 1.165) is 40.2 Å². The van der Waals surface area contributed by atoms with Crippen LogP contribution in [0.3, 0.4) is 0 Å². The maximum Gasteiger partial charge on any atom is 0.270 e. The van der Waals surface area contributed by atoms with Crippen molar-refractivity contribution in [3.8, 4) is 22.7 Å². The summed E-state index contributed by atoms with van der Waals surface area (Å²) in [7, 11) is 1.64. The predicted molar refractivity (Wildman–Crippen MR) is 128 cm³/mol. The van der Waals surface area contributed by atoms with Gasteiger partial charge in [0.15, 0.2) is 0 Å². The average molecular weight is 426 g/mol. The quantitative estimate of drug-likeness (QED) is 0.446. The van der Waals surface area contributed by atoms with Crippen LogP contribution >= 0.6 is 0 Å². The highest BCUT2D eigenvalue weighted by molar-refractivity contribution is 5.94. The van der Waals surface area contributed by atoms with Crippen LogP contribution in [0.25, 0.3) is 16.9 Å². The summed E-state index contributed by atoms with van der Waals surface area (Å²) in [6, 6.07) is 25.8. The number of benzene rings is 3. The Bertz CT molecular complexity index is 1210. The first kappa shape index (κ1) is 21.4. The van der Waals surface area contributed by atoms with Crippen molar-refractivity contribution in [3.05, 3.63) is 101 Å². The van der Waals surface area contributed by atoms with Crippen molar-refractivity contribution >= 4 is 5.91 Å². The molecule has 0 saturated carbocycles. The van der Waals surface area contributed by atoms with Crippen molar-refractivity contribution in [2.75, 3.05) is 13.7 Å². The molecule has 1 heterocycles. The summed E-state index contributed by atoms with van der Waals surface area (Å²) in [5, 5.41) is 7.87.